The molecule has 3 rings (SSSR count). The van der Waals surface area contributed by atoms with Crippen LogP contribution in [0.1, 0.15) is 17.0 Å². The SMILES string of the molecule is CSc1ccc(-c2nc(COCC(=O)NCc3ccncc3)c(C)o2)cc1. The zero-order chi connectivity index (χ0) is 19.1. The van der Waals surface area contributed by atoms with Crippen LogP contribution in [0.4, 0.5) is 0 Å². The third kappa shape index (κ3) is 5.42. The van der Waals surface area contributed by atoms with E-state index in [0.29, 0.717) is 23.9 Å². The summed E-state index contributed by atoms with van der Waals surface area (Å²) in [5.74, 6) is 1.07. The van der Waals surface area contributed by atoms with E-state index in [2.05, 4.69) is 15.3 Å². The van der Waals surface area contributed by atoms with Gasteiger partial charge in [0.2, 0.25) is 11.8 Å². The first-order valence-corrected chi connectivity index (χ1v) is 9.72. The number of ether oxygens (including phenoxy) is 1. The Labute approximate surface area is 162 Å². The number of benzene rings is 1. The predicted molar refractivity (Wildman–Crippen MR) is 104 cm³/mol. The van der Waals surface area contributed by atoms with E-state index in [1.54, 1.807) is 24.2 Å². The van der Waals surface area contributed by atoms with E-state index in [1.165, 1.54) is 4.90 Å². The molecule has 1 aromatic carbocycles. The molecule has 0 saturated heterocycles. The van der Waals surface area contributed by atoms with Crippen LogP contribution >= 0.6 is 11.8 Å². The van der Waals surface area contributed by atoms with Crippen LogP contribution in [-0.4, -0.2) is 28.7 Å². The van der Waals surface area contributed by atoms with Crippen LogP contribution < -0.4 is 5.32 Å². The summed E-state index contributed by atoms with van der Waals surface area (Å²) < 4.78 is 11.2. The maximum atomic E-state index is 11.9. The quantitative estimate of drug-likeness (QED) is 0.599. The maximum Gasteiger partial charge on any atom is 0.246 e. The highest BCUT2D eigenvalue weighted by Crippen LogP contribution is 2.24. The Morgan fingerprint density at radius 3 is 2.63 bits per heavy atom. The van der Waals surface area contributed by atoms with Gasteiger partial charge in [0.15, 0.2) is 0 Å². The summed E-state index contributed by atoms with van der Waals surface area (Å²) in [6.07, 6.45) is 5.42. The first-order valence-electron chi connectivity index (χ1n) is 8.50. The molecule has 6 nitrogen and oxygen atoms in total. The average molecular weight is 383 g/mol. The first-order chi connectivity index (χ1) is 13.2. The minimum Gasteiger partial charge on any atom is -0.441 e. The topological polar surface area (TPSA) is 77.2 Å². The van der Waals surface area contributed by atoms with Crippen LogP contribution in [0.25, 0.3) is 11.5 Å². The number of rotatable bonds is 8. The fraction of sp³-hybridized carbons (Fsp3) is 0.250. The summed E-state index contributed by atoms with van der Waals surface area (Å²) in [7, 11) is 0. The molecule has 2 aromatic heterocycles. The highest BCUT2D eigenvalue weighted by molar-refractivity contribution is 7.98. The molecule has 27 heavy (non-hydrogen) atoms. The number of amides is 1. The number of aryl methyl sites for hydroxylation is 1. The maximum absolute atomic E-state index is 11.9. The van der Waals surface area contributed by atoms with E-state index in [1.807, 2.05) is 49.6 Å². The molecule has 0 aliphatic heterocycles. The van der Waals surface area contributed by atoms with Crippen molar-refractivity contribution in [3.05, 3.63) is 65.8 Å². The van der Waals surface area contributed by atoms with Gasteiger partial charge in [-0.05, 0) is 55.1 Å². The second-order valence-electron chi connectivity index (χ2n) is 5.88. The Kier molecular flexibility index (Phi) is 6.62. The third-order valence-corrected chi connectivity index (χ3v) is 4.68. The summed E-state index contributed by atoms with van der Waals surface area (Å²) in [4.78, 5) is 21.5. The third-order valence-electron chi connectivity index (χ3n) is 3.94. The fourth-order valence-electron chi connectivity index (χ4n) is 2.41. The van der Waals surface area contributed by atoms with E-state index < -0.39 is 0 Å². The van der Waals surface area contributed by atoms with Crippen molar-refractivity contribution >= 4 is 17.7 Å². The number of hydrogen-bond acceptors (Lipinski definition) is 6. The van der Waals surface area contributed by atoms with Crippen molar-refractivity contribution in [1.82, 2.24) is 15.3 Å². The average Bonchev–Trinajstić information content (AvgIpc) is 3.08. The lowest BCUT2D eigenvalue weighted by Crippen LogP contribution is -2.27. The van der Waals surface area contributed by atoms with Crippen LogP contribution in [0.2, 0.25) is 0 Å². The Morgan fingerprint density at radius 2 is 1.93 bits per heavy atom. The number of pyridine rings is 1. The van der Waals surface area contributed by atoms with Crippen molar-refractivity contribution in [2.45, 2.75) is 25.0 Å². The van der Waals surface area contributed by atoms with Crippen LogP contribution in [0, 0.1) is 6.92 Å². The molecule has 0 unspecified atom stereocenters. The van der Waals surface area contributed by atoms with Gasteiger partial charge in [-0.3, -0.25) is 9.78 Å². The molecule has 0 spiro atoms. The Hall–Kier alpha value is -2.64. The molecule has 1 N–H and O–H groups in total. The van der Waals surface area contributed by atoms with Crippen LogP contribution in [-0.2, 0) is 22.7 Å². The van der Waals surface area contributed by atoms with Crippen molar-refractivity contribution in [3.63, 3.8) is 0 Å². The number of hydrogen-bond donors (Lipinski definition) is 1. The number of carbonyl (C=O) groups is 1. The highest BCUT2D eigenvalue weighted by atomic mass is 32.2. The number of aromatic nitrogens is 2. The number of nitrogens with one attached hydrogen (secondary N) is 1. The number of thioether (sulfide) groups is 1. The van der Waals surface area contributed by atoms with Gasteiger partial charge in [-0.1, -0.05) is 0 Å². The van der Waals surface area contributed by atoms with Crippen molar-refractivity contribution in [2.75, 3.05) is 12.9 Å². The van der Waals surface area contributed by atoms with E-state index in [-0.39, 0.29) is 19.1 Å². The highest BCUT2D eigenvalue weighted by Gasteiger charge is 2.12. The van der Waals surface area contributed by atoms with Gasteiger partial charge in [0.25, 0.3) is 0 Å². The number of carbonyl (C=O) groups excluding carboxylic acids is 1. The summed E-state index contributed by atoms with van der Waals surface area (Å²) in [6.45, 7) is 2.48. The van der Waals surface area contributed by atoms with Gasteiger partial charge in [0.05, 0.1) is 6.61 Å². The van der Waals surface area contributed by atoms with Gasteiger partial charge in [-0.15, -0.1) is 11.8 Å². The lowest BCUT2D eigenvalue weighted by Gasteiger charge is -2.05. The van der Waals surface area contributed by atoms with Gasteiger partial charge >= 0.3 is 0 Å². The summed E-state index contributed by atoms with van der Waals surface area (Å²) in [5.41, 5.74) is 2.60. The summed E-state index contributed by atoms with van der Waals surface area (Å²) >= 11 is 1.69. The standard InChI is InChI=1S/C20H21N3O3S/c1-14-18(23-20(26-14)16-3-5-17(27-2)6-4-16)12-25-13-19(24)22-11-15-7-9-21-10-8-15/h3-10H,11-13H2,1-2H3,(H,22,24). The molecule has 0 aliphatic carbocycles. The molecule has 2 heterocycles. The molecule has 0 fully saturated rings. The molecule has 0 saturated carbocycles. The minimum absolute atomic E-state index is 0.0326. The second kappa shape index (κ2) is 9.34. The molecule has 0 aliphatic rings. The first kappa shape index (κ1) is 19.1. The molecule has 3 aromatic rings. The lowest BCUT2D eigenvalue weighted by atomic mass is 10.2. The Bertz CT molecular complexity index is 879. The smallest absolute Gasteiger partial charge is 0.246 e. The number of oxazole rings is 1. The van der Waals surface area contributed by atoms with Crippen LogP contribution in [0.15, 0.2) is 58.1 Å². The van der Waals surface area contributed by atoms with Crippen molar-refractivity contribution in [3.8, 4) is 11.5 Å². The second-order valence-corrected chi connectivity index (χ2v) is 6.76. The van der Waals surface area contributed by atoms with E-state index >= 15 is 0 Å². The summed E-state index contributed by atoms with van der Waals surface area (Å²) in [6, 6.07) is 11.7. The van der Waals surface area contributed by atoms with Gasteiger partial charge in [-0.2, -0.15) is 0 Å². The predicted octanol–water partition coefficient (Wildman–Crippen LogP) is 3.60. The van der Waals surface area contributed by atoms with Crippen molar-refractivity contribution in [1.29, 1.82) is 0 Å². The molecular weight excluding hydrogens is 362 g/mol. The van der Waals surface area contributed by atoms with Gasteiger partial charge in [-0.25, -0.2) is 4.98 Å². The van der Waals surface area contributed by atoms with Crippen molar-refractivity contribution in [2.24, 2.45) is 0 Å². The monoisotopic (exact) mass is 383 g/mol. The number of nitrogens with zero attached hydrogens (tertiary/aromatic N) is 2. The zero-order valence-electron chi connectivity index (χ0n) is 15.3. The zero-order valence-corrected chi connectivity index (χ0v) is 16.1. The fourth-order valence-corrected chi connectivity index (χ4v) is 2.82. The van der Waals surface area contributed by atoms with Gasteiger partial charge < -0.3 is 14.5 Å². The largest absolute Gasteiger partial charge is 0.441 e. The molecule has 1 amide bonds. The normalized spacial score (nSPS) is 10.7. The molecule has 7 heteroatoms. The summed E-state index contributed by atoms with van der Waals surface area (Å²) in [5, 5.41) is 2.80. The lowest BCUT2D eigenvalue weighted by molar-refractivity contribution is -0.126. The van der Waals surface area contributed by atoms with E-state index in [9.17, 15) is 4.79 Å². The van der Waals surface area contributed by atoms with Gasteiger partial charge in [0.1, 0.15) is 18.1 Å². The molecular formula is C20H21N3O3S. The van der Waals surface area contributed by atoms with Crippen LogP contribution in [0.5, 0.6) is 0 Å². The Morgan fingerprint density at radius 1 is 1.19 bits per heavy atom. The molecule has 0 bridgehead atoms. The minimum atomic E-state index is -0.180. The molecule has 0 atom stereocenters. The van der Waals surface area contributed by atoms with Crippen LogP contribution in [0.3, 0.4) is 0 Å². The van der Waals surface area contributed by atoms with E-state index in [4.69, 9.17) is 9.15 Å². The molecule has 140 valence electrons. The van der Waals surface area contributed by atoms with Gasteiger partial charge in [0, 0.05) is 29.4 Å². The Balaban J connectivity index is 1.49. The van der Waals surface area contributed by atoms with E-state index in [0.717, 1.165) is 11.1 Å². The molecule has 0 radical (unpaired) electrons. The van der Waals surface area contributed by atoms with Crippen molar-refractivity contribution < 1.29 is 13.9 Å².